The van der Waals surface area contributed by atoms with E-state index in [1.54, 1.807) is 24.5 Å². The number of para-hydroxylation sites is 1. The summed E-state index contributed by atoms with van der Waals surface area (Å²) in [6, 6.07) is 17.7. The molecule has 0 bridgehead atoms. The Kier molecular flexibility index (Phi) is 6.61. The number of amides is 1. The summed E-state index contributed by atoms with van der Waals surface area (Å²) < 4.78 is 15.4. The van der Waals surface area contributed by atoms with Crippen molar-refractivity contribution in [2.24, 2.45) is 0 Å². The molecule has 0 spiro atoms. The van der Waals surface area contributed by atoms with E-state index in [1.165, 1.54) is 23.9 Å². The number of nitrogens with zero attached hydrogens (tertiary/aromatic N) is 4. The number of anilines is 1. The van der Waals surface area contributed by atoms with Gasteiger partial charge in [-0.15, -0.1) is 10.2 Å². The number of nitrogens with one attached hydrogen (secondary N) is 1. The van der Waals surface area contributed by atoms with Crippen molar-refractivity contribution in [3.05, 3.63) is 84.4 Å². The van der Waals surface area contributed by atoms with Crippen LogP contribution in [0.2, 0.25) is 0 Å². The maximum atomic E-state index is 13.4. The Morgan fingerprint density at radius 1 is 1.09 bits per heavy atom. The summed E-state index contributed by atoms with van der Waals surface area (Å²) in [5.41, 5.74) is 3.34. The van der Waals surface area contributed by atoms with Crippen LogP contribution in [-0.2, 0) is 4.79 Å². The summed E-state index contributed by atoms with van der Waals surface area (Å²) in [7, 11) is 0. The van der Waals surface area contributed by atoms with Crippen LogP contribution in [-0.4, -0.2) is 31.4 Å². The molecule has 32 heavy (non-hydrogen) atoms. The molecule has 0 aliphatic heterocycles. The minimum atomic E-state index is -0.401. The third-order valence-corrected chi connectivity index (χ3v) is 5.72. The summed E-state index contributed by atoms with van der Waals surface area (Å²) >= 11 is 1.27. The Hall–Kier alpha value is -3.52. The number of pyridine rings is 1. The van der Waals surface area contributed by atoms with Gasteiger partial charge in [0.05, 0.1) is 11.4 Å². The molecule has 0 radical (unpaired) electrons. The fraction of sp³-hybridized carbons (Fsp3) is 0.167. The van der Waals surface area contributed by atoms with Crippen LogP contribution in [0.1, 0.15) is 25.3 Å². The Morgan fingerprint density at radius 2 is 1.94 bits per heavy atom. The Labute approximate surface area is 189 Å². The van der Waals surface area contributed by atoms with Crippen molar-refractivity contribution in [1.82, 2.24) is 19.7 Å². The van der Waals surface area contributed by atoms with Gasteiger partial charge in [0, 0.05) is 23.6 Å². The monoisotopic (exact) mass is 447 g/mol. The second-order valence-electron chi connectivity index (χ2n) is 7.44. The van der Waals surface area contributed by atoms with Gasteiger partial charge in [-0.05, 0) is 47.9 Å². The number of halogens is 1. The molecule has 0 atom stereocenters. The van der Waals surface area contributed by atoms with Crippen LogP contribution in [0.5, 0.6) is 0 Å². The van der Waals surface area contributed by atoms with Gasteiger partial charge >= 0.3 is 0 Å². The first-order chi connectivity index (χ1) is 15.5. The van der Waals surface area contributed by atoms with Gasteiger partial charge in [-0.1, -0.05) is 49.9 Å². The number of rotatable bonds is 7. The molecule has 0 aliphatic carbocycles. The van der Waals surface area contributed by atoms with Gasteiger partial charge in [0.15, 0.2) is 11.0 Å². The van der Waals surface area contributed by atoms with Gasteiger partial charge in [-0.2, -0.15) is 0 Å². The smallest absolute Gasteiger partial charge is 0.234 e. The molecule has 8 heteroatoms. The van der Waals surface area contributed by atoms with E-state index in [2.05, 4.69) is 40.4 Å². The molecule has 0 aliphatic rings. The van der Waals surface area contributed by atoms with Crippen molar-refractivity contribution >= 4 is 23.4 Å². The highest BCUT2D eigenvalue weighted by molar-refractivity contribution is 7.99. The fourth-order valence-electron chi connectivity index (χ4n) is 3.34. The van der Waals surface area contributed by atoms with E-state index >= 15 is 0 Å². The average Bonchev–Trinajstić information content (AvgIpc) is 3.22. The van der Waals surface area contributed by atoms with Crippen molar-refractivity contribution in [3.63, 3.8) is 0 Å². The van der Waals surface area contributed by atoms with Gasteiger partial charge in [-0.25, -0.2) is 4.39 Å². The number of benzene rings is 2. The second kappa shape index (κ2) is 9.74. The van der Waals surface area contributed by atoms with Gasteiger partial charge in [0.1, 0.15) is 5.82 Å². The van der Waals surface area contributed by atoms with E-state index in [9.17, 15) is 9.18 Å². The third-order valence-electron chi connectivity index (χ3n) is 4.79. The summed E-state index contributed by atoms with van der Waals surface area (Å²) in [5.74, 6) is 0.381. The lowest BCUT2D eigenvalue weighted by Gasteiger charge is -2.16. The van der Waals surface area contributed by atoms with Crippen molar-refractivity contribution in [3.8, 4) is 17.1 Å². The number of thioether (sulfide) groups is 1. The molecule has 4 rings (SSSR count). The number of carbonyl (C=O) groups excluding carboxylic acids is 1. The zero-order chi connectivity index (χ0) is 22.5. The number of aromatic nitrogens is 4. The zero-order valence-corrected chi connectivity index (χ0v) is 18.5. The molecule has 162 valence electrons. The molecule has 2 aromatic carbocycles. The lowest BCUT2D eigenvalue weighted by molar-refractivity contribution is -0.113. The van der Waals surface area contributed by atoms with E-state index in [-0.39, 0.29) is 17.6 Å². The molecule has 0 fully saturated rings. The highest BCUT2D eigenvalue weighted by Crippen LogP contribution is 2.32. The van der Waals surface area contributed by atoms with Crippen molar-refractivity contribution in [2.45, 2.75) is 24.9 Å². The third kappa shape index (κ3) is 4.86. The zero-order valence-electron chi connectivity index (χ0n) is 17.7. The first-order valence-corrected chi connectivity index (χ1v) is 11.1. The summed E-state index contributed by atoms with van der Waals surface area (Å²) in [5, 5.41) is 12.1. The largest absolute Gasteiger partial charge is 0.325 e. The molecule has 2 aromatic heterocycles. The van der Waals surface area contributed by atoms with Crippen LogP contribution >= 0.6 is 11.8 Å². The first kappa shape index (κ1) is 21.7. The van der Waals surface area contributed by atoms with Crippen molar-refractivity contribution in [2.75, 3.05) is 11.1 Å². The number of hydrogen-bond donors (Lipinski definition) is 1. The predicted molar refractivity (Wildman–Crippen MR) is 124 cm³/mol. The number of hydrogen-bond acceptors (Lipinski definition) is 5. The maximum Gasteiger partial charge on any atom is 0.234 e. The molecular formula is C24H22FN5OS. The maximum absolute atomic E-state index is 13.4. The summed E-state index contributed by atoms with van der Waals surface area (Å²) in [6.45, 7) is 4.26. The molecule has 0 saturated heterocycles. The molecule has 0 unspecified atom stereocenters. The van der Waals surface area contributed by atoms with Gasteiger partial charge in [0.25, 0.3) is 0 Å². The summed E-state index contributed by atoms with van der Waals surface area (Å²) in [6.07, 6.45) is 3.45. The molecule has 1 amide bonds. The lowest BCUT2D eigenvalue weighted by Crippen LogP contribution is -2.15. The van der Waals surface area contributed by atoms with Crippen LogP contribution in [0.3, 0.4) is 0 Å². The van der Waals surface area contributed by atoms with E-state index < -0.39 is 5.82 Å². The van der Waals surface area contributed by atoms with E-state index in [4.69, 9.17) is 0 Å². The summed E-state index contributed by atoms with van der Waals surface area (Å²) in [4.78, 5) is 16.7. The Balaban J connectivity index is 1.66. The molecular weight excluding hydrogens is 425 g/mol. The normalized spacial score (nSPS) is 11.0. The van der Waals surface area contributed by atoms with Crippen LogP contribution in [0.4, 0.5) is 10.1 Å². The van der Waals surface area contributed by atoms with E-state index in [0.717, 1.165) is 16.8 Å². The van der Waals surface area contributed by atoms with Crippen molar-refractivity contribution < 1.29 is 9.18 Å². The van der Waals surface area contributed by atoms with E-state index in [1.807, 2.05) is 34.9 Å². The Morgan fingerprint density at radius 3 is 2.69 bits per heavy atom. The average molecular weight is 448 g/mol. The Bertz CT molecular complexity index is 1230. The highest BCUT2D eigenvalue weighted by atomic mass is 32.2. The lowest BCUT2D eigenvalue weighted by atomic mass is 10.0. The molecule has 6 nitrogen and oxygen atoms in total. The predicted octanol–water partition coefficient (Wildman–Crippen LogP) is 5.32. The molecule has 2 heterocycles. The van der Waals surface area contributed by atoms with Crippen LogP contribution in [0.15, 0.2) is 78.2 Å². The topological polar surface area (TPSA) is 72.7 Å². The van der Waals surface area contributed by atoms with Gasteiger partial charge < -0.3 is 5.32 Å². The molecule has 1 N–H and O–H groups in total. The van der Waals surface area contributed by atoms with Crippen LogP contribution < -0.4 is 5.32 Å². The number of carbonyl (C=O) groups is 1. The highest BCUT2D eigenvalue weighted by Gasteiger charge is 2.20. The van der Waals surface area contributed by atoms with Gasteiger partial charge in [-0.3, -0.25) is 14.3 Å². The van der Waals surface area contributed by atoms with E-state index in [0.29, 0.717) is 16.7 Å². The fourth-order valence-corrected chi connectivity index (χ4v) is 4.08. The van der Waals surface area contributed by atoms with Crippen LogP contribution in [0.25, 0.3) is 17.1 Å². The first-order valence-electron chi connectivity index (χ1n) is 10.2. The minimum absolute atomic E-state index is 0.103. The molecule has 0 saturated carbocycles. The second-order valence-corrected chi connectivity index (χ2v) is 8.39. The van der Waals surface area contributed by atoms with Crippen molar-refractivity contribution in [1.29, 1.82) is 0 Å². The standard InChI is InChI=1S/C24H22FN5OS/c1-16(2)20-10-3-4-11-21(20)30-23(17-7-6-12-26-14-17)28-29-24(30)32-15-22(31)27-19-9-5-8-18(25)13-19/h3-14,16H,15H2,1-2H3,(H,27,31). The SMILES string of the molecule is CC(C)c1ccccc1-n1c(SCC(=O)Nc2cccc(F)c2)nnc1-c1cccnc1. The minimum Gasteiger partial charge on any atom is -0.325 e. The van der Waals surface area contributed by atoms with Crippen LogP contribution in [0, 0.1) is 5.82 Å². The molecule has 4 aromatic rings. The van der Waals surface area contributed by atoms with Gasteiger partial charge in [0.2, 0.25) is 5.91 Å². The quantitative estimate of drug-likeness (QED) is 0.388.